The van der Waals surface area contributed by atoms with Gasteiger partial charge >= 0.3 is 0 Å². The van der Waals surface area contributed by atoms with E-state index in [9.17, 15) is 4.79 Å². The maximum absolute atomic E-state index is 10.8. The molecular weight excluding hydrogens is 192 g/mol. The molecule has 2 rings (SSSR count). The summed E-state index contributed by atoms with van der Waals surface area (Å²) in [4.78, 5) is 10.8. The first-order valence-electron chi connectivity index (χ1n) is 4.40. The minimum absolute atomic E-state index is 0.160. The van der Waals surface area contributed by atoms with Crippen LogP contribution in [0.3, 0.4) is 0 Å². The van der Waals surface area contributed by atoms with Crippen molar-refractivity contribution in [3.05, 3.63) is 35.4 Å². The van der Waals surface area contributed by atoms with E-state index >= 15 is 0 Å². The SMILES string of the molecule is N#Cc1ccc(C2=NNC(=O)CN2)cc1. The number of hydrogen-bond donors (Lipinski definition) is 2. The number of hydrazone groups is 1. The molecule has 1 aliphatic rings. The Bertz CT molecular complexity index is 455. The lowest BCUT2D eigenvalue weighted by atomic mass is 10.1. The number of nitrogens with zero attached hydrogens (tertiary/aromatic N) is 2. The second-order valence-corrected chi connectivity index (χ2v) is 3.04. The molecule has 2 N–H and O–H groups in total. The monoisotopic (exact) mass is 200 g/mol. The molecule has 5 nitrogen and oxygen atoms in total. The fourth-order valence-corrected chi connectivity index (χ4v) is 1.23. The standard InChI is InChI=1S/C10H8N4O/c11-5-7-1-3-8(4-2-7)10-12-6-9(15)13-14-10/h1-4H,6H2,(H,12,14)(H,13,15). The van der Waals surface area contributed by atoms with E-state index in [0.29, 0.717) is 11.4 Å². The number of carbonyl (C=O) groups is 1. The van der Waals surface area contributed by atoms with E-state index < -0.39 is 0 Å². The molecule has 0 aliphatic carbocycles. The van der Waals surface area contributed by atoms with E-state index in [1.165, 1.54) is 0 Å². The van der Waals surface area contributed by atoms with Crippen LogP contribution < -0.4 is 10.7 Å². The first-order valence-corrected chi connectivity index (χ1v) is 4.40. The van der Waals surface area contributed by atoms with Crippen molar-refractivity contribution in [1.82, 2.24) is 10.7 Å². The van der Waals surface area contributed by atoms with Crippen LogP contribution in [0.4, 0.5) is 0 Å². The molecule has 15 heavy (non-hydrogen) atoms. The van der Waals surface area contributed by atoms with Crippen molar-refractivity contribution in [2.24, 2.45) is 5.10 Å². The Balaban J connectivity index is 2.24. The summed E-state index contributed by atoms with van der Waals surface area (Å²) in [6.07, 6.45) is 0. The summed E-state index contributed by atoms with van der Waals surface area (Å²) in [6.45, 7) is 0.221. The van der Waals surface area contributed by atoms with Crippen LogP contribution in [0, 0.1) is 11.3 Å². The summed E-state index contributed by atoms with van der Waals surface area (Å²) in [7, 11) is 0. The summed E-state index contributed by atoms with van der Waals surface area (Å²) in [6, 6.07) is 9.00. The molecule has 0 radical (unpaired) electrons. The predicted octanol–water partition coefficient (Wildman–Crippen LogP) is -0.0607. The van der Waals surface area contributed by atoms with Crippen LogP contribution in [0.15, 0.2) is 29.4 Å². The molecule has 1 aromatic rings. The van der Waals surface area contributed by atoms with Crippen LogP contribution in [-0.2, 0) is 4.79 Å². The van der Waals surface area contributed by atoms with Crippen LogP contribution >= 0.6 is 0 Å². The van der Waals surface area contributed by atoms with Gasteiger partial charge in [0.2, 0.25) is 0 Å². The lowest BCUT2D eigenvalue weighted by molar-refractivity contribution is -0.120. The van der Waals surface area contributed by atoms with Gasteiger partial charge in [-0.25, -0.2) is 5.43 Å². The highest BCUT2D eigenvalue weighted by molar-refractivity contribution is 6.02. The number of carbonyl (C=O) groups excluding carboxylic acids is 1. The quantitative estimate of drug-likeness (QED) is 0.666. The molecule has 1 heterocycles. The average Bonchev–Trinajstić information content (AvgIpc) is 2.30. The van der Waals surface area contributed by atoms with E-state index in [4.69, 9.17) is 5.26 Å². The van der Waals surface area contributed by atoms with E-state index in [1.54, 1.807) is 24.3 Å². The summed E-state index contributed by atoms with van der Waals surface area (Å²) >= 11 is 0. The smallest absolute Gasteiger partial charge is 0.259 e. The van der Waals surface area contributed by atoms with Crippen molar-refractivity contribution in [2.75, 3.05) is 6.54 Å². The van der Waals surface area contributed by atoms with Gasteiger partial charge in [-0.2, -0.15) is 10.4 Å². The van der Waals surface area contributed by atoms with Crippen LogP contribution in [0.25, 0.3) is 0 Å². The molecule has 0 aromatic heterocycles. The third kappa shape index (κ3) is 1.94. The van der Waals surface area contributed by atoms with Crippen molar-refractivity contribution in [2.45, 2.75) is 0 Å². The molecule has 74 valence electrons. The number of amides is 1. The highest BCUT2D eigenvalue weighted by atomic mass is 16.2. The van der Waals surface area contributed by atoms with Gasteiger partial charge < -0.3 is 5.32 Å². The number of hydrogen-bond acceptors (Lipinski definition) is 4. The zero-order valence-electron chi connectivity index (χ0n) is 7.82. The van der Waals surface area contributed by atoms with Crippen LogP contribution in [0.5, 0.6) is 0 Å². The lowest BCUT2D eigenvalue weighted by Gasteiger charge is -2.14. The van der Waals surface area contributed by atoms with Crippen molar-refractivity contribution in [3.63, 3.8) is 0 Å². The minimum Gasteiger partial charge on any atom is -0.359 e. The zero-order valence-corrected chi connectivity index (χ0v) is 7.82. The third-order valence-electron chi connectivity index (χ3n) is 2.00. The third-order valence-corrected chi connectivity index (χ3v) is 2.00. The number of nitrogens with one attached hydrogen (secondary N) is 2. The summed E-state index contributed by atoms with van der Waals surface area (Å²) < 4.78 is 0. The van der Waals surface area contributed by atoms with Crippen molar-refractivity contribution in [3.8, 4) is 6.07 Å². The van der Waals surface area contributed by atoms with Crippen molar-refractivity contribution >= 4 is 11.7 Å². The Morgan fingerprint density at radius 3 is 2.60 bits per heavy atom. The maximum atomic E-state index is 10.8. The molecule has 0 saturated carbocycles. The van der Waals surface area contributed by atoms with Crippen LogP contribution in [-0.4, -0.2) is 18.3 Å². The zero-order chi connectivity index (χ0) is 10.7. The lowest BCUT2D eigenvalue weighted by Crippen LogP contribution is -2.42. The molecule has 0 bridgehead atoms. The number of rotatable bonds is 1. The summed E-state index contributed by atoms with van der Waals surface area (Å²) in [5.41, 5.74) is 3.82. The number of amidine groups is 1. The fourth-order valence-electron chi connectivity index (χ4n) is 1.23. The maximum Gasteiger partial charge on any atom is 0.259 e. The average molecular weight is 200 g/mol. The Morgan fingerprint density at radius 2 is 2.07 bits per heavy atom. The topological polar surface area (TPSA) is 77.3 Å². The van der Waals surface area contributed by atoms with Crippen LogP contribution in [0.1, 0.15) is 11.1 Å². The van der Waals surface area contributed by atoms with E-state index in [1.807, 2.05) is 6.07 Å². The van der Waals surface area contributed by atoms with Gasteiger partial charge in [0, 0.05) is 5.56 Å². The molecule has 0 atom stereocenters. The summed E-state index contributed by atoms with van der Waals surface area (Å²) in [5, 5.41) is 15.4. The Hall–Kier alpha value is -2.35. The molecule has 1 aromatic carbocycles. The second-order valence-electron chi connectivity index (χ2n) is 3.04. The molecule has 5 heteroatoms. The second kappa shape index (κ2) is 3.80. The normalized spacial score (nSPS) is 14.6. The van der Waals surface area contributed by atoms with Gasteiger partial charge in [0.1, 0.15) is 0 Å². The van der Waals surface area contributed by atoms with Crippen LogP contribution in [0.2, 0.25) is 0 Å². The van der Waals surface area contributed by atoms with Crippen molar-refractivity contribution in [1.29, 1.82) is 5.26 Å². The van der Waals surface area contributed by atoms with E-state index in [0.717, 1.165) is 5.56 Å². The Labute approximate surface area is 86.4 Å². The number of benzene rings is 1. The highest BCUT2D eigenvalue weighted by Crippen LogP contribution is 2.04. The largest absolute Gasteiger partial charge is 0.359 e. The van der Waals surface area contributed by atoms with Gasteiger partial charge in [-0.05, 0) is 24.3 Å². The molecule has 0 fully saturated rings. The van der Waals surface area contributed by atoms with Gasteiger partial charge in [-0.1, -0.05) is 0 Å². The number of nitriles is 1. The molecule has 1 aliphatic heterocycles. The first-order chi connectivity index (χ1) is 7.29. The molecule has 0 unspecified atom stereocenters. The van der Waals surface area contributed by atoms with Gasteiger partial charge in [0.05, 0.1) is 18.2 Å². The van der Waals surface area contributed by atoms with E-state index in [-0.39, 0.29) is 12.5 Å². The summed E-state index contributed by atoms with van der Waals surface area (Å²) in [5.74, 6) is 0.450. The molecule has 1 amide bonds. The van der Waals surface area contributed by atoms with Gasteiger partial charge in [0.25, 0.3) is 5.91 Å². The van der Waals surface area contributed by atoms with E-state index in [2.05, 4.69) is 15.8 Å². The molecular formula is C10H8N4O. The fraction of sp³-hybridized carbons (Fsp3) is 0.100. The highest BCUT2D eigenvalue weighted by Gasteiger charge is 2.11. The van der Waals surface area contributed by atoms with Gasteiger partial charge in [0.15, 0.2) is 5.84 Å². The van der Waals surface area contributed by atoms with Gasteiger partial charge in [-0.3, -0.25) is 4.79 Å². The molecule has 0 saturated heterocycles. The molecule has 0 spiro atoms. The van der Waals surface area contributed by atoms with Gasteiger partial charge in [-0.15, -0.1) is 0 Å². The van der Waals surface area contributed by atoms with Crippen molar-refractivity contribution < 1.29 is 4.79 Å². The predicted molar refractivity (Wildman–Crippen MR) is 53.8 cm³/mol. The minimum atomic E-state index is -0.160. The Morgan fingerprint density at radius 1 is 1.33 bits per heavy atom. The first kappa shape index (κ1) is 9.21. The Kier molecular flexibility index (Phi) is 2.33.